The molecule has 2 aliphatic heterocycles. The average Bonchev–Trinajstić information content (AvgIpc) is 3.68. The maximum Gasteiger partial charge on any atom is 0.257 e. The molecule has 1 saturated carbocycles. The van der Waals surface area contributed by atoms with Crippen LogP contribution in [0.3, 0.4) is 0 Å². The molecule has 3 aliphatic rings. The molecular weight excluding hydrogens is 608 g/mol. The van der Waals surface area contributed by atoms with Crippen molar-refractivity contribution in [1.82, 2.24) is 14.8 Å². The number of carbonyl (C=O) groups is 2. The number of hydrogen-bond donors (Lipinski definition) is 2. The smallest absolute Gasteiger partial charge is 0.257 e. The van der Waals surface area contributed by atoms with E-state index in [-0.39, 0.29) is 36.1 Å². The van der Waals surface area contributed by atoms with Crippen molar-refractivity contribution in [3.63, 3.8) is 0 Å². The van der Waals surface area contributed by atoms with Crippen LogP contribution in [0.1, 0.15) is 72.9 Å². The van der Waals surface area contributed by atoms with Crippen LogP contribution in [-0.2, 0) is 21.7 Å². The van der Waals surface area contributed by atoms with Crippen LogP contribution in [0.4, 0.5) is 4.39 Å². The summed E-state index contributed by atoms with van der Waals surface area (Å²) >= 11 is 11.5. The van der Waals surface area contributed by atoms with Crippen molar-refractivity contribution in [3.8, 4) is 0 Å². The highest BCUT2D eigenvalue weighted by Gasteiger charge is 2.46. The van der Waals surface area contributed by atoms with Gasteiger partial charge in [0.2, 0.25) is 5.91 Å². The summed E-state index contributed by atoms with van der Waals surface area (Å²) in [5.41, 5.74) is -1.28. The number of rotatable bonds is 7. The largest absolute Gasteiger partial charge is 0.387 e. The Morgan fingerprint density at radius 2 is 1.80 bits per heavy atom. The summed E-state index contributed by atoms with van der Waals surface area (Å²) in [4.78, 5) is 32.7. The topological polar surface area (TPSA) is 103 Å². The summed E-state index contributed by atoms with van der Waals surface area (Å²) in [5.74, 6) is -1.31. The van der Waals surface area contributed by atoms with E-state index in [2.05, 4.69) is 4.98 Å². The van der Waals surface area contributed by atoms with Crippen molar-refractivity contribution in [1.29, 1.82) is 0 Å². The summed E-state index contributed by atoms with van der Waals surface area (Å²) in [6.07, 6.45) is 2.75. The number of aliphatic hydroxyl groups is 2. The number of carbonyl (C=O) groups excluding carboxylic acids is 2. The fourth-order valence-electron chi connectivity index (χ4n) is 5.69. The third kappa shape index (κ3) is 7.24. The van der Waals surface area contributed by atoms with Crippen molar-refractivity contribution in [2.75, 3.05) is 19.7 Å². The molecule has 0 bridgehead atoms. The van der Waals surface area contributed by atoms with Crippen molar-refractivity contribution in [3.05, 3.63) is 99.0 Å². The van der Waals surface area contributed by atoms with E-state index >= 15 is 4.39 Å². The number of fused-ring (bicyclic) bond motifs is 1. The molecule has 8 nitrogen and oxygen atoms in total. The van der Waals surface area contributed by atoms with Gasteiger partial charge in [0.05, 0.1) is 40.6 Å². The van der Waals surface area contributed by atoms with Gasteiger partial charge in [0.1, 0.15) is 5.82 Å². The third-order valence-corrected chi connectivity index (χ3v) is 9.14. The minimum absolute atomic E-state index is 0.00979. The van der Waals surface area contributed by atoms with E-state index in [1.54, 1.807) is 30.0 Å². The maximum atomic E-state index is 15.7. The molecule has 1 aromatic heterocycles. The van der Waals surface area contributed by atoms with Gasteiger partial charge in [-0.1, -0.05) is 41.4 Å². The van der Waals surface area contributed by atoms with Gasteiger partial charge in [-0.25, -0.2) is 4.39 Å². The lowest BCUT2D eigenvalue weighted by atomic mass is 9.76. The van der Waals surface area contributed by atoms with Crippen LogP contribution >= 0.6 is 23.2 Å². The molecule has 6 rings (SSSR count). The Bertz CT molecular complexity index is 1490. The molecule has 234 valence electrons. The number of pyridine rings is 1. The minimum atomic E-state index is -1.40. The monoisotopic (exact) mass is 643 g/mol. The predicted molar refractivity (Wildman–Crippen MR) is 164 cm³/mol. The number of nitrogens with zero attached hydrogens (tertiary/aromatic N) is 3. The highest BCUT2D eigenvalue weighted by molar-refractivity contribution is 6.30. The van der Waals surface area contributed by atoms with Gasteiger partial charge in [-0.2, -0.15) is 0 Å². The molecule has 44 heavy (non-hydrogen) atoms. The Morgan fingerprint density at radius 1 is 1.11 bits per heavy atom. The van der Waals surface area contributed by atoms with Crippen LogP contribution in [0.2, 0.25) is 10.0 Å². The van der Waals surface area contributed by atoms with E-state index in [1.165, 1.54) is 24.1 Å². The standard InChI is InChI=1S/C27H31ClFN3O5.C6H5Cl/c1-16(33)31-9-5-17(6-10-31)26(2,35)18-11-21-23(22(29)12-18)25(37-15-27(36)7-8-27)32(24(21)34)14-20-4-3-19(28)13-30-20;7-6-4-2-1-3-5-6/h3-4,11-13,17,25,35-36H,5-10,14-15H2,1-2H3;1-5H. The second kappa shape index (κ2) is 13.1. The Labute approximate surface area is 266 Å². The van der Waals surface area contributed by atoms with E-state index < -0.39 is 29.2 Å². The van der Waals surface area contributed by atoms with Crippen LogP contribution in [0.5, 0.6) is 0 Å². The first kappa shape index (κ1) is 32.3. The fourth-order valence-corrected chi connectivity index (χ4v) is 5.94. The van der Waals surface area contributed by atoms with Crippen LogP contribution in [-0.4, -0.2) is 62.1 Å². The number of halogens is 3. The van der Waals surface area contributed by atoms with Crippen molar-refractivity contribution < 1.29 is 28.9 Å². The first-order chi connectivity index (χ1) is 20.9. The third-order valence-electron chi connectivity index (χ3n) is 8.66. The number of piperidine rings is 1. The molecule has 2 fully saturated rings. The summed E-state index contributed by atoms with van der Waals surface area (Å²) in [6, 6.07) is 15.6. The van der Waals surface area contributed by atoms with Crippen LogP contribution in [0.25, 0.3) is 0 Å². The van der Waals surface area contributed by atoms with Gasteiger partial charge in [-0.3, -0.25) is 14.6 Å². The zero-order valence-electron chi connectivity index (χ0n) is 24.7. The summed E-state index contributed by atoms with van der Waals surface area (Å²) in [6.45, 7) is 4.22. The van der Waals surface area contributed by atoms with Gasteiger partial charge < -0.3 is 24.7 Å². The van der Waals surface area contributed by atoms with Gasteiger partial charge in [-0.05, 0) is 80.5 Å². The molecule has 2 aromatic carbocycles. The minimum Gasteiger partial charge on any atom is -0.387 e. The Kier molecular flexibility index (Phi) is 9.63. The van der Waals surface area contributed by atoms with Gasteiger partial charge >= 0.3 is 0 Å². The molecule has 2 amide bonds. The molecule has 0 radical (unpaired) electrons. The van der Waals surface area contributed by atoms with Crippen LogP contribution in [0.15, 0.2) is 60.8 Å². The molecule has 2 atom stereocenters. The van der Waals surface area contributed by atoms with Gasteiger partial charge in [-0.15, -0.1) is 0 Å². The van der Waals surface area contributed by atoms with Crippen LogP contribution in [0, 0.1) is 11.7 Å². The zero-order chi connectivity index (χ0) is 31.6. The summed E-state index contributed by atoms with van der Waals surface area (Å²) in [5, 5.41) is 23.1. The number of amides is 2. The molecule has 3 heterocycles. The summed E-state index contributed by atoms with van der Waals surface area (Å²) < 4.78 is 21.7. The number of aromatic nitrogens is 1. The zero-order valence-corrected chi connectivity index (χ0v) is 26.2. The van der Waals surface area contributed by atoms with E-state index in [9.17, 15) is 19.8 Å². The number of ether oxygens (including phenoxy) is 1. The highest BCUT2D eigenvalue weighted by atomic mass is 35.5. The molecule has 11 heteroatoms. The normalized spacial score (nSPS) is 20.4. The maximum absolute atomic E-state index is 15.7. The second-order valence-electron chi connectivity index (χ2n) is 11.9. The van der Waals surface area contributed by atoms with Crippen molar-refractivity contribution >= 4 is 35.0 Å². The quantitative estimate of drug-likeness (QED) is 0.333. The lowest BCUT2D eigenvalue weighted by molar-refractivity contribution is -0.132. The van der Waals surface area contributed by atoms with E-state index in [0.29, 0.717) is 55.1 Å². The Balaban J connectivity index is 0.000000484. The van der Waals surface area contributed by atoms with E-state index in [1.807, 2.05) is 30.3 Å². The average molecular weight is 645 g/mol. The molecule has 0 spiro atoms. The predicted octanol–water partition coefficient (Wildman–Crippen LogP) is 5.88. The number of likely N-dealkylation sites (tertiary alicyclic amines) is 1. The SMILES string of the molecule is CC(=O)N1CCC(C(C)(O)c2cc(F)c3c(c2)C(=O)N(Cc2ccc(Cl)cn2)C3OCC2(O)CC2)CC1.Clc1ccccc1. The second-order valence-corrected chi connectivity index (χ2v) is 12.8. The van der Waals surface area contributed by atoms with Crippen molar-refractivity contribution in [2.45, 2.75) is 63.5 Å². The Hall–Kier alpha value is -3.08. The molecule has 2 unspecified atom stereocenters. The molecule has 1 aliphatic carbocycles. The summed E-state index contributed by atoms with van der Waals surface area (Å²) in [7, 11) is 0. The van der Waals surface area contributed by atoms with Gasteiger partial charge in [0.25, 0.3) is 5.91 Å². The first-order valence-electron chi connectivity index (χ1n) is 14.7. The number of benzene rings is 2. The molecule has 1 saturated heterocycles. The molecular formula is C33H36Cl2FN3O5. The van der Waals surface area contributed by atoms with Gasteiger partial charge in [0, 0.05) is 36.8 Å². The molecule has 3 aromatic rings. The van der Waals surface area contributed by atoms with Crippen molar-refractivity contribution in [2.24, 2.45) is 5.92 Å². The molecule has 2 N–H and O–H groups in total. The van der Waals surface area contributed by atoms with Crippen LogP contribution < -0.4 is 0 Å². The first-order valence-corrected chi connectivity index (χ1v) is 15.4. The lowest BCUT2D eigenvalue weighted by Gasteiger charge is -2.39. The number of hydrogen-bond acceptors (Lipinski definition) is 6. The lowest BCUT2D eigenvalue weighted by Crippen LogP contribution is -2.43. The van der Waals surface area contributed by atoms with Gasteiger partial charge in [0.15, 0.2) is 6.23 Å². The van der Waals surface area contributed by atoms with E-state index in [4.69, 9.17) is 27.9 Å². The Morgan fingerprint density at radius 3 is 2.34 bits per heavy atom. The highest BCUT2D eigenvalue weighted by Crippen LogP contribution is 2.44. The fraction of sp³-hybridized carbons (Fsp3) is 0.424. The van der Waals surface area contributed by atoms with E-state index in [0.717, 1.165) is 5.02 Å².